The van der Waals surface area contributed by atoms with Crippen LogP contribution in [0.15, 0.2) is 42.5 Å². The summed E-state index contributed by atoms with van der Waals surface area (Å²) in [6, 6.07) is 12.1. The second-order valence-corrected chi connectivity index (χ2v) is 4.52. The van der Waals surface area contributed by atoms with Gasteiger partial charge in [-0.2, -0.15) is 0 Å². The van der Waals surface area contributed by atoms with Crippen molar-refractivity contribution in [1.29, 1.82) is 0 Å². The fraction of sp³-hybridized carbons (Fsp3) is 0.0667. The number of nitrogens with two attached hydrogens (primary N) is 1. The average Bonchev–Trinajstić information content (AvgIpc) is 2.48. The quantitative estimate of drug-likeness (QED) is 0.554. The Morgan fingerprint density at radius 3 is 2.70 bits per heavy atom. The van der Waals surface area contributed by atoms with Gasteiger partial charge in [0, 0.05) is 10.9 Å². The van der Waals surface area contributed by atoms with Crippen LogP contribution in [0, 0.1) is 12.7 Å². The van der Waals surface area contributed by atoms with Crippen LogP contribution in [-0.4, -0.2) is 9.97 Å². The van der Waals surface area contributed by atoms with Crippen molar-refractivity contribution in [2.45, 2.75) is 6.92 Å². The third kappa shape index (κ3) is 2.08. The van der Waals surface area contributed by atoms with Gasteiger partial charge in [0.1, 0.15) is 5.82 Å². The molecule has 0 aliphatic heterocycles. The number of aromatic nitrogens is 2. The van der Waals surface area contributed by atoms with Crippen molar-refractivity contribution in [2.24, 2.45) is 5.84 Å². The Balaban J connectivity index is 2.29. The van der Waals surface area contributed by atoms with Crippen molar-refractivity contribution in [3.05, 3.63) is 53.8 Å². The van der Waals surface area contributed by atoms with Crippen LogP contribution in [0.4, 0.5) is 10.2 Å². The summed E-state index contributed by atoms with van der Waals surface area (Å²) >= 11 is 0. The van der Waals surface area contributed by atoms with E-state index in [2.05, 4.69) is 15.4 Å². The first kappa shape index (κ1) is 12.5. The molecule has 0 fully saturated rings. The molecular weight excluding hydrogens is 255 g/mol. The van der Waals surface area contributed by atoms with Gasteiger partial charge in [-0.15, -0.1) is 0 Å². The average molecular weight is 268 g/mol. The fourth-order valence-electron chi connectivity index (χ4n) is 2.14. The zero-order chi connectivity index (χ0) is 14.1. The van der Waals surface area contributed by atoms with E-state index in [1.807, 2.05) is 31.2 Å². The predicted octanol–water partition coefficient (Wildman–Crippen LogP) is 3.03. The van der Waals surface area contributed by atoms with E-state index in [9.17, 15) is 4.39 Å². The molecule has 1 aromatic heterocycles. The second kappa shape index (κ2) is 4.86. The molecule has 3 N–H and O–H groups in total. The van der Waals surface area contributed by atoms with Crippen molar-refractivity contribution >= 4 is 16.7 Å². The number of hydrogen-bond donors (Lipinski definition) is 2. The Labute approximate surface area is 115 Å². The highest BCUT2D eigenvalue weighted by Gasteiger charge is 2.11. The Morgan fingerprint density at radius 2 is 1.90 bits per heavy atom. The highest BCUT2D eigenvalue weighted by atomic mass is 19.1. The molecular formula is C15H13FN4. The SMILES string of the molecule is Cc1ccc(F)cc1-c1nc(NN)c2ccccc2n1. The molecule has 100 valence electrons. The number of para-hydroxylation sites is 1. The van der Waals surface area contributed by atoms with Crippen LogP contribution in [0.5, 0.6) is 0 Å². The summed E-state index contributed by atoms with van der Waals surface area (Å²) in [5.74, 6) is 6.18. The van der Waals surface area contributed by atoms with Gasteiger partial charge in [-0.3, -0.25) is 0 Å². The summed E-state index contributed by atoms with van der Waals surface area (Å²) in [5.41, 5.74) is 4.89. The molecule has 0 unspecified atom stereocenters. The van der Waals surface area contributed by atoms with E-state index in [4.69, 9.17) is 5.84 Å². The largest absolute Gasteiger partial charge is 0.308 e. The van der Waals surface area contributed by atoms with E-state index in [0.29, 0.717) is 17.2 Å². The zero-order valence-corrected chi connectivity index (χ0v) is 10.9. The molecule has 20 heavy (non-hydrogen) atoms. The van der Waals surface area contributed by atoms with Crippen LogP contribution >= 0.6 is 0 Å². The molecule has 0 aliphatic carbocycles. The summed E-state index contributed by atoms with van der Waals surface area (Å²) in [7, 11) is 0. The number of fused-ring (bicyclic) bond motifs is 1. The van der Waals surface area contributed by atoms with Crippen LogP contribution < -0.4 is 11.3 Å². The van der Waals surface area contributed by atoms with Crippen molar-refractivity contribution < 1.29 is 4.39 Å². The number of hydrazine groups is 1. The number of aryl methyl sites for hydroxylation is 1. The number of anilines is 1. The van der Waals surface area contributed by atoms with E-state index < -0.39 is 0 Å². The van der Waals surface area contributed by atoms with Gasteiger partial charge in [0.25, 0.3) is 0 Å². The maximum atomic E-state index is 13.4. The number of nitrogens with one attached hydrogen (secondary N) is 1. The van der Waals surface area contributed by atoms with Gasteiger partial charge in [-0.05, 0) is 36.8 Å². The molecule has 4 nitrogen and oxygen atoms in total. The lowest BCUT2D eigenvalue weighted by Crippen LogP contribution is -2.10. The smallest absolute Gasteiger partial charge is 0.162 e. The molecule has 0 atom stereocenters. The molecule has 0 spiro atoms. The van der Waals surface area contributed by atoms with Gasteiger partial charge in [0.05, 0.1) is 5.52 Å². The molecule has 0 amide bonds. The Bertz CT molecular complexity index is 786. The van der Waals surface area contributed by atoms with Gasteiger partial charge < -0.3 is 5.43 Å². The molecule has 5 heteroatoms. The Hall–Kier alpha value is -2.53. The zero-order valence-electron chi connectivity index (χ0n) is 10.9. The van der Waals surface area contributed by atoms with Crippen molar-refractivity contribution in [3.63, 3.8) is 0 Å². The third-order valence-electron chi connectivity index (χ3n) is 3.18. The van der Waals surface area contributed by atoms with E-state index >= 15 is 0 Å². The van der Waals surface area contributed by atoms with Gasteiger partial charge in [0.15, 0.2) is 11.6 Å². The monoisotopic (exact) mass is 268 g/mol. The fourth-order valence-corrected chi connectivity index (χ4v) is 2.14. The lowest BCUT2D eigenvalue weighted by Gasteiger charge is -2.09. The van der Waals surface area contributed by atoms with Crippen LogP contribution in [0.3, 0.4) is 0 Å². The van der Waals surface area contributed by atoms with Crippen molar-refractivity contribution in [1.82, 2.24) is 9.97 Å². The molecule has 0 aliphatic rings. The van der Waals surface area contributed by atoms with Crippen molar-refractivity contribution in [2.75, 3.05) is 5.43 Å². The Morgan fingerprint density at radius 1 is 1.10 bits per heavy atom. The summed E-state index contributed by atoms with van der Waals surface area (Å²) in [4.78, 5) is 8.86. The van der Waals surface area contributed by atoms with E-state index in [0.717, 1.165) is 16.5 Å². The van der Waals surface area contributed by atoms with Crippen LogP contribution in [0.2, 0.25) is 0 Å². The summed E-state index contributed by atoms with van der Waals surface area (Å²) in [5, 5.41) is 0.827. The molecule has 0 saturated heterocycles. The first-order chi connectivity index (χ1) is 9.69. The van der Waals surface area contributed by atoms with Crippen molar-refractivity contribution in [3.8, 4) is 11.4 Å². The molecule has 2 aromatic carbocycles. The van der Waals surface area contributed by atoms with Crippen LogP contribution in [0.25, 0.3) is 22.3 Å². The van der Waals surface area contributed by atoms with Gasteiger partial charge >= 0.3 is 0 Å². The first-order valence-corrected chi connectivity index (χ1v) is 6.19. The summed E-state index contributed by atoms with van der Waals surface area (Å²) in [6.45, 7) is 1.89. The maximum Gasteiger partial charge on any atom is 0.162 e. The number of benzene rings is 2. The minimum Gasteiger partial charge on any atom is -0.308 e. The Kier molecular flexibility index (Phi) is 3.04. The minimum atomic E-state index is -0.315. The number of hydrogen-bond acceptors (Lipinski definition) is 4. The lowest BCUT2D eigenvalue weighted by atomic mass is 10.1. The first-order valence-electron chi connectivity index (χ1n) is 6.19. The predicted molar refractivity (Wildman–Crippen MR) is 77.5 cm³/mol. The number of halogens is 1. The van der Waals surface area contributed by atoms with E-state index in [-0.39, 0.29) is 5.82 Å². The van der Waals surface area contributed by atoms with Crippen LogP contribution in [-0.2, 0) is 0 Å². The van der Waals surface area contributed by atoms with E-state index in [1.54, 1.807) is 6.07 Å². The standard InChI is InChI=1S/C15H13FN4/c1-9-6-7-10(16)8-12(9)14-18-13-5-3-2-4-11(13)15(19-14)20-17/h2-8H,17H2,1H3,(H,18,19,20). The molecule has 3 aromatic rings. The number of nitrogens with zero attached hydrogens (tertiary/aromatic N) is 2. The normalized spacial score (nSPS) is 10.8. The highest BCUT2D eigenvalue weighted by molar-refractivity contribution is 5.90. The van der Waals surface area contributed by atoms with Gasteiger partial charge in [-0.25, -0.2) is 20.2 Å². The highest BCUT2D eigenvalue weighted by Crippen LogP contribution is 2.26. The topological polar surface area (TPSA) is 63.8 Å². The third-order valence-corrected chi connectivity index (χ3v) is 3.18. The molecule has 1 heterocycles. The minimum absolute atomic E-state index is 0.315. The van der Waals surface area contributed by atoms with E-state index in [1.165, 1.54) is 12.1 Å². The van der Waals surface area contributed by atoms with Gasteiger partial charge in [-0.1, -0.05) is 18.2 Å². The summed E-state index contributed by atoms with van der Waals surface area (Å²) in [6.07, 6.45) is 0. The molecule has 3 rings (SSSR count). The molecule has 0 bridgehead atoms. The van der Waals surface area contributed by atoms with Crippen LogP contribution in [0.1, 0.15) is 5.56 Å². The van der Waals surface area contributed by atoms with Gasteiger partial charge in [0.2, 0.25) is 0 Å². The number of nitrogen functional groups attached to an aromatic ring is 1. The second-order valence-electron chi connectivity index (χ2n) is 4.52. The molecule has 0 saturated carbocycles. The number of rotatable bonds is 2. The molecule has 0 radical (unpaired) electrons. The lowest BCUT2D eigenvalue weighted by molar-refractivity contribution is 0.628. The summed E-state index contributed by atoms with van der Waals surface area (Å²) < 4.78 is 13.4. The maximum absolute atomic E-state index is 13.4.